The number of para-hydroxylation sites is 1. The minimum atomic E-state index is -3.43. The van der Waals surface area contributed by atoms with E-state index in [2.05, 4.69) is 10.2 Å². The lowest BCUT2D eigenvalue weighted by atomic mass is 9.94. The first kappa shape index (κ1) is 20.8. The molecule has 158 valence electrons. The van der Waals surface area contributed by atoms with Crippen molar-refractivity contribution in [3.63, 3.8) is 0 Å². The average Bonchev–Trinajstić information content (AvgIpc) is 3.43. The lowest BCUT2D eigenvalue weighted by molar-refractivity contribution is 0.0988. The Morgan fingerprint density at radius 1 is 1.17 bits per heavy atom. The molecule has 9 heteroatoms. The van der Waals surface area contributed by atoms with Gasteiger partial charge in [-0.25, -0.2) is 8.42 Å². The number of hydrogen-bond donors (Lipinski definition) is 1. The second-order valence-electron chi connectivity index (χ2n) is 7.45. The number of nitrogens with zero attached hydrogens (tertiary/aromatic N) is 3. The van der Waals surface area contributed by atoms with Crippen LogP contribution in [0.4, 0.5) is 5.69 Å². The summed E-state index contributed by atoms with van der Waals surface area (Å²) in [4.78, 5) is 15.3. The molecule has 30 heavy (non-hydrogen) atoms. The summed E-state index contributed by atoms with van der Waals surface area (Å²) in [7, 11) is -1.71. The summed E-state index contributed by atoms with van der Waals surface area (Å²) in [5, 5.41) is 7.20. The number of carbonyl (C=O) groups is 1. The summed E-state index contributed by atoms with van der Waals surface area (Å²) >= 11 is 1.30. The van der Waals surface area contributed by atoms with Gasteiger partial charge in [-0.2, -0.15) is 9.40 Å². The standard InChI is InChI=1S/C21H24N4O3S2/c1-15-8-9-20(29-15)30(27,28)25-12-10-16(11-13-25)18-14-19(23-22-18)21(26)24(2)17-6-4-3-5-7-17/h3-9,14,16H,10-13H2,1-2H3,(H,22,23). The predicted octanol–water partition coefficient (Wildman–Crippen LogP) is 3.62. The van der Waals surface area contributed by atoms with Gasteiger partial charge >= 0.3 is 0 Å². The Morgan fingerprint density at radius 3 is 2.50 bits per heavy atom. The number of amides is 1. The molecule has 0 atom stereocenters. The molecule has 2 aromatic heterocycles. The molecule has 3 aromatic rings. The number of piperidine rings is 1. The van der Waals surface area contributed by atoms with Crippen LogP contribution in [0, 0.1) is 6.92 Å². The highest BCUT2D eigenvalue weighted by Crippen LogP contribution is 2.32. The van der Waals surface area contributed by atoms with Crippen molar-refractivity contribution >= 4 is 33.0 Å². The molecule has 1 N–H and O–H groups in total. The first-order valence-corrected chi connectivity index (χ1v) is 12.1. The van der Waals surface area contributed by atoms with Crippen LogP contribution in [0.15, 0.2) is 52.7 Å². The van der Waals surface area contributed by atoms with Gasteiger partial charge < -0.3 is 4.90 Å². The van der Waals surface area contributed by atoms with Crippen LogP contribution >= 0.6 is 11.3 Å². The molecule has 0 aliphatic carbocycles. The van der Waals surface area contributed by atoms with E-state index < -0.39 is 10.0 Å². The van der Waals surface area contributed by atoms with E-state index in [0.29, 0.717) is 35.8 Å². The zero-order valence-corrected chi connectivity index (χ0v) is 18.5. The predicted molar refractivity (Wildman–Crippen MR) is 118 cm³/mol. The smallest absolute Gasteiger partial charge is 0.278 e. The van der Waals surface area contributed by atoms with Gasteiger partial charge in [-0.3, -0.25) is 9.89 Å². The van der Waals surface area contributed by atoms with E-state index in [1.54, 1.807) is 28.4 Å². The zero-order chi connectivity index (χ0) is 21.3. The van der Waals surface area contributed by atoms with E-state index >= 15 is 0 Å². The molecule has 4 rings (SSSR count). The van der Waals surface area contributed by atoms with Crippen LogP contribution in [-0.4, -0.2) is 49.0 Å². The quantitative estimate of drug-likeness (QED) is 0.651. The number of nitrogens with one attached hydrogen (secondary N) is 1. The number of rotatable bonds is 5. The Labute approximate surface area is 180 Å². The molecule has 7 nitrogen and oxygen atoms in total. The molecule has 0 spiro atoms. The van der Waals surface area contributed by atoms with Gasteiger partial charge in [0, 0.05) is 42.3 Å². The summed E-state index contributed by atoms with van der Waals surface area (Å²) in [6, 6.07) is 14.7. The summed E-state index contributed by atoms with van der Waals surface area (Å²) in [5.41, 5.74) is 2.04. The van der Waals surface area contributed by atoms with Crippen LogP contribution in [0.2, 0.25) is 0 Å². The Hall–Kier alpha value is -2.49. The van der Waals surface area contributed by atoms with Gasteiger partial charge in [0.25, 0.3) is 15.9 Å². The summed E-state index contributed by atoms with van der Waals surface area (Å²) < 4.78 is 27.6. The van der Waals surface area contributed by atoms with Gasteiger partial charge in [-0.1, -0.05) is 18.2 Å². The molecule has 3 heterocycles. The van der Waals surface area contributed by atoms with Gasteiger partial charge in [-0.05, 0) is 50.1 Å². The van der Waals surface area contributed by atoms with Crippen molar-refractivity contribution < 1.29 is 13.2 Å². The molecule has 0 saturated carbocycles. The molecule has 1 aliphatic rings. The molecule has 1 fully saturated rings. The van der Waals surface area contributed by atoms with E-state index in [9.17, 15) is 13.2 Å². The van der Waals surface area contributed by atoms with Crippen molar-refractivity contribution in [3.05, 3.63) is 64.8 Å². The zero-order valence-electron chi connectivity index (χ0n) is 16.9. The highest BCUT2D eigenvalue weighted by molar-refractivity contribution is 7.91. The molecule has 0 bridgehead atoms. The van der Waals surface area contributed by atoms with Gasteiger partial charge in [0.05, 0.1) is 0 Å². The molecular formula is C21H24N4O3S2. The summed E-state index contributed by atoms with van der Waals surface area (Å²) in [6.45, 7) is 2.81. The third-order valence-electron chi connectivity index (χ3n) is 5.47. The fourth-order valence-electron chi connectivity index (χ4n) is 3.68. The second-order valence-corrected chi connectivity index (χ2v) is 10.9. The summed E-state index contributed by atoms with van der Waals surface area (Å²) in [5.74, 6) is -0.0330. The fraction of sp³-hybridized carbons (Fsp3) is 0.333. The Kier molecular flexibility index (Phi) is 5.77. The third kappa shape index (κ3) is 4.05. The number of anilines is 1. The number of carbonyl (C=O) groups excluding carboxylic acids is 1. The van der Waals surface area contributed by atoms with Crippen LogP contribution in [-0.2, 0) is 10.0 Å². The SMILES string of the molecule is Cc1ccc(S(=O)(=O)N2CCC(c3cc(C(=O)N(C)c4ccccc4)n[nH]3)CC2)s1. The first-order valence-electron chi connectivity index (χ1n) is 9.81. The fourth-order valence-corrected chi connectivity index (χ4v) is 6.59. The molecule has 1 saturated heterocycles. The molecule has 1 aliphatic heterocycles. The minimum Gasteiger partial charge on any atom is -0.310 e. The largest absolute Gasteiger partial charge is 0.310 e. The van der Waals surface area contributed by atoms with Crippen molar-refractivity contribution in [1.29, 1.82) is 0 Å². The van der Waals surface area contributed by atoms with Gasteiger partial charge in [0.1, 0.15) is 4.21 Å². The number of benzene rings is 1. The molecule has 0 unspecified atom stereocenters. The van der Waals surface area contributed by atoms with Crippen molar-refractivity contribution in [2.24, 2.45) is 0 Å². The van der Waals surface area contributed by atoms with Gasteiger partial charge in [0.2, 0.25) is 0 Å². The Bertz CT molecular complexity index is 1130. The number of H-pyrrole nitrogens is 1. The van der Waals surface area contributed by atoms with Crippen LogP contribution < -0.4 is 4.90 Å². The van der Waals surface area contributed by atoms with Crippen molar-refractivity contribution in [1.82, 2.24) is 14.5 Å². The Morgan fingerprint density at radius 2 is 1.87 bits per heavy atom. The monoisotopic (exact) mass is 444 g/mol. The minimum absolute atomic E-state index is 0.151. The normalized spacial score (nSPS) is 15.9. The first-order chi connectivity index (χ1) is 14.4. The Balaban J connectivity index is 1.41. The molecule has 1 amide bonds. The van der Waals surface area contributed by atoms with E-state index in [0.717, 1.165) is 16.3 Å². The van der Waals surface area contributed by atoms with Crippen molar-refractivity contribution in [2.75, 3.05) is 25.0 Å². The number of aryl methyl sites for hydroxylation is 1. The van der Waals surface area contributed by atoms with Gasteiger partial charge in [-0.15, -0.1) is 11.3 Å². The van der Waals surface area contributed by atoms with E-state index in [1.165, 1.54) is 11.3 Å². The average molecular weight is 445 g/mol. The summed E-state index contributed by atoms with van der Waals surface area (Å²) in [6.07, 6.45) is 1.38. The van der Waals surface area contributed by atoms with Crippen LogP contribution in [0.25, 0.3) is 0 Å². The maximum absolute atomic E-state index is 12.8. The third-order valence-corrected chi connectivity index (χ3v) is 8.84. The van der Waals surface area contributed by atoms with Crippen LogP contribution in [0.5, 0.6) is 0 Å². The number of aromatic nitrogens is 2. The second kappa shape index (κ2) is 8.33. The number of sulfonamides is 1. The topological polar surface area (TPSA) is 86.4 Å². The van der Waals surface area contributed by atoms with Crippen LogP contribution in [0.1, 0.15) is 39.8 Å². The van der Waals surface area contributed by atoms with E-state index in [4.69, 9.17) is 0 Å². The molecular weight excluding hydrogens is 420 g/mol. The lowest BCUT2D eigenvalue weighted by Crippen LogP contribution is -2.37. The highest BCUT2D eigenvalue weighted by Gasteiger charge is 2.32. The number of aromatic amines is 1. The molecule has 1 aromatic carbocycles. The van der Waals surface area contributed by atoms with Gasteiger partial charge in [0.15, 0.2) is 5.69 Å². The highest BCUT2D eigenvalue weighted by atomic mass is 32.2. The van der Waals surface area contributed by atoms with Crippen LogP contribution in [0.3, 0.4) is 0 Å². The molecule has 0 radical (unpaired) electrons. The maximum Gasteiger partial charge on any atom is 0.278 e. The van der Waals surface area contributed by atoms with Crippen molar-refractivity contribution in [3.8, 4) is 0 Å². The number of hydrogen-bond acceptors (Lipinski definition) is 5. The maximum atomic E-state index is 12.8. The van der Waals surface area contributed by atoms with Crippen molar-refractivity contribution in [2.45, 2.75) is 29.9 Å². The van der Waals surface area contributed by atoms with E-state index in [-0.39, 0.29) is 11.8 Å². The van der Waals surface area contributed by atoms with E-state index in [1.807, 2.05) is 43.3 Å². The lowest BCUT2D eigenvalue weighted by Gasteiger charge is -2.30. The number of thiophene rings is 1.